The summed E-state index contributed by atoms with van der Waals surface area (Å²) in [5.41, 5.74) is 1.19. The van der Waals surface area contributed by atoms with Crippen LogP contribution in [0.1, 0.15) is 49.4 Å². The number of benzene rings is 1. The molecule has 1 amide bonds. The molecule has 2 aromatic rings. The summed E-state index contributed by atoms with van der Waals surface area (Å²) in [4.78, 5) is 18.7. The van der Waals surface area contributed by atoms with Crippen LogP contribution in [0.15, 0.2) is 40.9 Å². The van der Waals surface area contributed by atoms with Gasteiger partial charge in [0.25, 0.3) is 0 Å². The maximum atomic E-state index is 12.4. The highest BCUT2D eigenvalue weighted by Gasteiger charge is 2.31. The molecule has 1 aromatic heterocycles. The summed E-state index contributed by atoms with van der Waals surface area (Å²) >= 11 is 0. The lowest BCUT2D eigenvalue weighted by atomic mass is 10.0. The Hall–Kier alpha value is -2.14. The quantitative estimate of drug-likeness (QED) is 0.816. The Balaban J connectivity index is 1.70. The van der Waals surface area contributed by atoms with Gasteiger partial charge in [-0.15, -0.1) is 0 Å². The van der Waals surface area contributed by atoms with Crippen molar-refractivity contribution in [1.82, 2.24) is 9.88 Å². The van der Waals surface area contributed by atoms with Crippen molar-refractivity contribution in [3.8, 4) is 0 Å². The van der Waals surface area contributed by atoms with Crippen LogP contribution < -0.4 is 0 Å². The molecule has 1 fully saturated rings. The van der Waals surface area contributed by atoms with Crippen LogP contribution in [-0.2, 0) is 16.0 Å². The van der Waals surface area contributed by atoms with Crippen LogP contribution in [0.4, 0.5) is 0 Å². The van der Waals surface area contributed by atoms with Crippen molar-refractivity contribution in [2.75, 3.05) is 19.8 Å². The van der Waals surface area contributed by atoms with Gasteiger partial charge >= 0.3 is 0 Å². The molecule has 0 spiro atoms. The molecule has 1 aliphatic rings. The van der Waals surface area contributed by atoms with Gasteiger partial charge in [-0.1, -0.05) is 30.3 Å². The smallest absolute Gasteiger partial charge is 0.249 e. The van der Waals surface area contributed by atoms with E-state index >= 15 is 0 Å². The lowest BCUT2D eigenvalue weighted by molar-refractivity contribution is -0.140. The van der Waals surface area contributed by atoms with E-state index in [-0.39, 0.29) is 18.6 Å². The zero-order chi connectivity index (χ0) is 16.8. The number of hydrogen-bond donors (Lipinski definition) is 0. The molecule has 128 valence electrons. The van der Waals surface area contributed by atoms with Gasteiger partial charge in [0.05, 0.1) is 6.20 Å². The van der Waals surface area contributed by atoms with Gasteiger partial charge in [0.2, 0.25) is 11.8 Å². The van der Waals surface area contributed by atoms with E-state index in [1.165, 1.54) is 5.56 Å². The van der Waals surface area contributed by atoms with E-state index in [0.29, 0.717) is 18.9 Å². The molecule has 0 bridgehead atoms. The average Bonchev–Trinajstić information content (AvgIpc) is 3.09. The van der Waals surface area contributed by atoms with Gasteiger partial charge in [0.1, 0.15) is 18.4 Å². The Bertz CT molecular complexity index is 654. The predicted octanol–water partition coefficient (Wildman–Crippen LogP) is 3.36. The zero-order valence-corrected chi connectivity index (χ0v) is 14.1. The largest absolute Gasteiger partial charge is 0.443 e. The molecule has 0 saturated carbocycles. The fraction of sp³-hybridized carbons (Fsp3) is 0.474. The summed E-state index contributed by atoms with van der Waals surface area (Å²) in [6.45, 7) is 3.31. The Morgan fingerprint density at radius 3 is 2.96 bits per heavy atom. The summed E-state index contributed by atoms with van der Waals surface area (Å²) in [5, 5.41) is 0. The molecule has 1 aromatic carbocycles. The maximum Gasteiger partial charge on any atom is 0.249 e. The number of carbonyl (C=O) groups excluding carboxylic acids is 1. The summed E-state index contributed by atoms with van der Waals surface area (Å²) in [6.07, 6.45) is 5.49. The third-order valence-electron chi connectivity index (χ3n) is 4.33. The van der Waals surface area contributed by atoms with Crippen molar-refractivity contribution >= 4 is 5.91 Å². The lowest BCUT2D eigenvalue weighted by Gasteiger charge is -2.33. The minimum atomic E-state index is -0.0729. The van der Waals surface area contributed by atoms with Gasteiger partial charge in [-0.3, -0.25) is 4.79 Å². The Kier molecular flexibility index (Phi) is 5.64. The van der Waals surface area contributed by atoms with Crippen LogP contribution in [0, 0.1) is 0 Å². The second kappa shape index (κ2) is 8.11. The van der Waals surface area contributed by atoms with E-state index in [2.05, 4.69) is 17.1 Å². The highest BCUT2D eigenvalue weighted by molar-refractivity contribution is 5.78. The number of carbonyl (C=O) groups is 1. The number of amides is 1. The number of rotatable bonds is 6. The normalized spacial score (nSPS) is 17.9. The first-order chi connectivity index (χ1) is 11.8. The summed E-state index contributed by atoms with van der Waals surface area (Å²) in [5.74, 6) is 1.49. The minimum Gasteiger partial charge on any atom is -0.443 e. The summed E-state index contributed by atoms with van der Waals surface area (Å²) < 4.78 is 11.2. The molecule has 5 nitrogen and oxygen atoms in total. The topological polar surface area (TPSA) is 55.6 Å². The first-order valence-electron chi connectivity index (χ1n) is 8.63. The zero-order valence-electron chi connectivity index (χ0n) is 14.1. The molecule has 3 rings (SSSR count). The molecule has 1 saturated heterocycles. The van der Waals surface area contributed by atoms with Crippen LogP contribution in [0.2, 0.25) is 0 Å². The first kappa shape index (κ1) is 16.7. The van der Waals surface area contributed by atoms with Crippen molar-refractivity contribution < 1.29 is 13.9 Å². The number of ether oxygens (including phenoxy) is 1. The summed E-state index contributed by atoms with van der Waals surface area (Å²) in [7, 11) is 0. The van der Waals surface area contributed by atoms with E-state index in [4.69, 9.17) is 9.15 Å². The molecule has 5 heteroatoms. The molecular weight excluding hydrogens is 304 g/mol. The number of nitrogens with zero attached hydrogens (tertiary/aromatic N) is 2. The average molecular weight is 328 g/mol. The van der Waals surface area contributed by atoms with E-state index in [1.807, 2.05) is 30.0 Å². The molecule has 0 N–H and O–H groups in total. The van der Waals surface area contributed by atoms with Gasteiger partial charge in [-0.2, -0.15) is 0 Å². The van der Waals surface area contributed by atoms with Crippen molar-refractivity contribution in [1.29, 1.82) is 0 Å². The van der Waals surface area contributed by atoms with E-state index < -0.39 is 0 Å². The SMILES string of the molecule is CCOCC(=O)N1CCCC[C@@H]1c1ncc(Cc2ccccc2)o1. The number of oxazole rings is 1. The molecule has 1 atom stereocenters. The fourth-order valence-electron chi connectivity index (χ4n) is 3.11. The lowest BCUT2D eigenvalue weighted by Crippen LogP contribution is -2.40. The number of aromatic nitrogens is 1. The molecule has 0 radical (unpaired) electrons. The van der Waals surface area contributed by atoms with Crippen LogP contribution in [0.3, 0.4) is 0 Å². The van der Waals surface area contributed by atoms with Gasteiger partial charge < -0.3 is 14.1 Å². The van der Waals surface area contributed by atoms with Gasteiger partial charge in [0, 0.05) is 19.6 Å². The van der Waals surface area contributed by atoms with Crippen LogP contribution in [0.5, 0.6) is 0 Å². The number of hydrogen-bond acceptors (Lipinski definition) is 4. The molecular formula is C19H24N2O3. The van der Waals surface area contributed by atoms with E-state index in [0.717, 1.165) is 31.6 Å². The first-order valence-corrected chi connectivity index (χ1v) is 8.63. The maximum absolute atomic E-state index is 12.4. The van der Waals surface area contributed by atoms with Crippen molar-refractivity contribution in [2.45, 2.75) is 38.6 Å². The monoisotopic (exact) mass is 328 g/mol. The van der Waals surface area contributed by atoms with Gasteiger partial charge in [0.15, 0.2) is 0 Å². The molecule has 24 heavy (non-hydrogen) atoms. The number of likely N-dealkylation sites (tertiary alicyclic amines) is 1. The Labute approximate surface area is 142 Å². The molecule has 2 heterocycles. The van der Waals surface area contributed by atoms with Crippen LogP contribution >= 0.6 is 0 Å². The van der Waals surface area contributed by atoms with Crippen molar-refractivity contribution in [3.05, 3.63) is 53.7 Å². The van der Waals surface area contributed by atoms with E-state index in [9.17, 15) is 4.79 Å². The minimum absolute atomic E-state index is 0.0179. The fourth-order valence-corrected chi connectivity index (χ4v) is 3.11. The number of piperidine rings is 1. The van der Waals surface area contributed by atoms with Crippen molar-refractivity contribution in [2.24, 2.45) is 0 Å². The predicted molar refractivity (Wildman–Crippen MR) is 90.5 cm³/mol. The second-order valence-electron chi connectivity index (χ2n) is 6.06. The third kappa shape index (κ3) is 4.03. The summed E-state index contributed by atoms with van der Waals surface area (Å²) in [6, 6.07) is 10.1. The Morgan fingerprint density at radius 1 is 1.33 bits per heavy atom. The van der Waals surface area contributed by atoms with Gasteiger partial charge in [-0.25, -0.2) is 4.98 Å². The molecule has 1 aliphatic heterocycles. The second-order valence-corrected chi connectivity index (χ2v) is 6.06. The van der Waals surface area contributed by atoms with E-state index in [1.54, 1.807) is 6.20 Å². The highest BCUT2D eigenvalue weighted by atomic mass is 16.5. The van der Waals surface area contributed by atoms with Crippen LogP contribution in [0.25, 0.3) is 0 Å². The van der Waals surface area contributed by atoms with Crippen molar-refractivity contribution in [3.63, 3.8) is 0 Å². The third-order valence-corrected chi connectivity index (χ3v) is 4.33. The molecule has 0 aliphatic carbocycles. The van der Waals surface area contributed by atoms with Crippen LogP contribution in [-0.4, -0.2) is 35.5 Å². The highest BCUT2D eigenvalue weighted by Crippen LogP contribution is 2.31. The standard InChI is InChI=1S/C19H24N2O3/c1-2-23-14-18(22)21-11-7-6-10-17(21)19-20-13-16(24-19)12-15-8-4-3-5-9-15/h3-5,8-9,13,17H,2,6-7,10-12,14H2,1H3/t17-/m1/s1. The Morgan fingerprint density at radius 2 is 2.17 bits per heavy atom. The molecule has 0 unspecified atom stereocenters. The van der Waals surface area contributed by atoms with Gasteiger partial charge in [-0.05, 0) is 31.7 Å².